The lowest BCUT2D eigenvalue weighted by atomic mass is 10.1. The Morgan fingerprint density at radius 3 is 2.81 bits per heavy atom. The van der Waals surface area contributed by atoms with E-state index in [0.717, 1.165) is 3.97 Å². The summed E-state index contributed by atoms with van der Waals surface area (Å²) in [6, 6.07) is 3.75. The number of carbonyl (C=O) groups is 1. The fraction of sp³-hybridized carbons (Fsp3) is 0.300. The van der Waals surface area contributed by atoms with Crippen molar-refractivity contribution in [2.45, 2.75) is 19.4 Å². The van der Waals surface area contributed by atoms with Crippen LogP contribution >= 0.6 is 12.3 Å². The summed E-state index contributed by atoms with van der Waals surface area (Å²) in [5, 5.41) is 14.2. The number of anilines is 1. The van der Waals surface area contributed by atoms with Gasteiger partial charge in [0.2, 0.25) is 0 Å². The lowest BCUT2D eigenvalue weighted by molar-refractivity contribution is 0.0896. The molecule has 11 heteroatoms. The van der Waals surface area contributed by atoms with Gasteiger partial charge >= 0.3 is 0 Å². The molecule has 1 atom stereocenters. The molecule has 0 aliphatic heterocycles. The van der Waals surface area contributed by atoms with Gasteiger partial charge in [0.15, 0.2) is 18.0 Å². The maximum absolute atomic E-state index is 13.5. The molecule has 0 radical (unpaired) electrons. The first kappa shape index (κ1) is 22.6. The van der Waals surface area contributed by atoms with E-state index in [2.05, 4.69) is 20.6 Å². The van der Waals surface area contributed by atoms with Gasteiger partial charge in [-0.1, -0.05) is 6.92 Å². The van der Waals surface area contributed by atoms with E-state index in [4.69, 9.17) is 10.1 Å². The molecule has 3 aromatic rings. The van der Waals surface area contributed by atoms with Crippen LogP contribution in [0.2, 0.25) is 0 Å². The van der Waals surface area contributed by atoms with E-state index >= 15 is 0 Å². The summed E-state index contributed by atoms with van der Waals surface area (Å²) in [7, 11) is 3.16. The van der Waals surface area contributed by atoms with Crippen LogP contribution in [0.1, 0.15) is 35.0 Å². The number of rotatable bonds is 9. The van der Waals surface area contributed by atoms with Crippen LogP contribution in [0.25, 0.3) is 11.2 Å². The van der Waals surface area contributed by atoms with Gasteiger partial charge in [-0.05, 0) is 24.6 Å². The maximum Gasteiger partial charge on any atom is 0.255 e. The van der Waals surface area contributed by atoms with Crippen LogP contribution in [0.4, 0.5) is 14.0 Å². The Morgan fingerprint density at radius 1 is 1.39 bits per heavy atom. The molecule has 8 nitrogen and oxygen atoms in total. The predicted octanol–water partition coefficient (Wildman–Crippen LogP) is 3.56. The quantitative estimate of drug-likeness (QED) is 0.433. The number of carbonyl (C=O) groups excluding carboxylic acids is 1. The molecule has 2 aromatic heterocycles. The van der Waals surface area contributed by atoms with Crippen molar-refractivity contribution in [3.05, 3.63) is 53.2 Å². The number of hydrogen-bond acceptors (Lipinski definition) is 7. The third-order valence-electron chi connectivity index (χ3n) is 4.75. The number of aromatic nitrogens is 3. The molecule has 0 fully saturated rings. The number of hydrogen-bond donors (Lipinski definition) is 3. The molecule has 2 heterocycles. The van der Waals surface area contributed by atoms with E-state index in [1.54, 1.807) is 14.2 Å². The Bertz CT molecular complexity index is 1120. The van der Waals surface area contributed by atoms with Crippen molar-refractivity contribution < 1.29 is 17.8 Å². The fourth-order valence-corrected chi connectivity index (χ4v) is 3.45. The van der Waals surface area contributed by atoms with Crippen LogP contribution < -0.4 is 10.6 Å². The molecular weight excluding hydrogens is 426 g/mol. The second kappa shape index (κ2) is 9.84. The molecule has 164 valence electrons. The highest BCUT2D eigenvalue weighted by atomic mass is 32.2. The normalized spacial score (nSPS) is 12.0. The Kier molecular flexibility index (Phi) is 7.18. The minimum Gasteiger partial charge on any atom is -0.387 e. The van der Waals surface area contributed by atoms with Gasteiger partial charge in [-0.3, -0.25) is 10.2 Å². The second-order valence-corrected chi connectivity index (χ2v) is 7.25. The van der Waals surface area contributed by atoms with Gasteiger partial charge in [-0.25, -0.2) is 18.3 Å². The Hall–Kier alpha value is -3.05. The Labute approximate surface area is 182 Å². The standard InChI is InChI=1S/C20H22F2N6O2S/c1-4-12(10-30-3)26-20(29)14-9-28(31-22)19-18(14)27-16(8-25-19)17(23)13-6-5-11(21)7-15(13)24-2/h5-9,12,23-24H,4,10H2,1-3H3,(H,26,29). The van der Waals surface area contributed by atoms with Gasteiger partial charge in [0, 0.05) is 31.6 Å². The molecule has 0 saturated heterocycles. The number of ether oxygens (including phenoxy) is 1. The third kappa shape index (κ3) is 4.67. The zero-order valence-corrected chi connectivity index (χ0v) is 18.0. The number of benzene rings is 1. The summed E-state index contributed by atoms with van der Waals surface area (Å²) in [5.41, 5.74) is 1.41. The van der Waals surface area contributed by atoms with Gasteiger partial charge in [0.25, 0.3) is 5.91 Å². The van der Waals surface area contributed by atoms with Crippen molar-refractivity contribution in [2.24, 2.45) is 0 Å². The first-order valence-electron chi connectivity index (χ1n) is 9.47. The van der Waals surface area contributed by atoms with Crippen molar-refractivity contribution in [1.82, 2.24) is 19.3 Å². The van der Waals surface area contributed by atoms with Gasteiger partial charge < -0.3 is 15.4 Å². The molecule has 3 N–H and O–H groups in total. The molecule has 0 saturated carbocycles. The van der Waals surface area contributed by atoms with Crippen LogP contribution in [0, 0.1) is 11.2 Å². The number of nitrogens with zero attached hydrogens (tertiary/aromatic N) is 3. The molecule has 0 aliphatic rings. The summed E-state index contributed by atoms with van der Waals surface area (Å²) in [4.78, 5) is 21.5. The maximum atomic E-state index is 13.5. The van der Waals surface area contributed by atoms with Crippen LogP contribution in [0.15, 0.2) is 30.6 Å². The monoisotopic (exact) mass is 448 g/mol. The summed E-state index contributed by atoms with van der Waals surface area (Å²) < 4.78 is 33.2. The van der Waals surface area contributed by atoms with Crippen molar-refractivity contribution in [3.63, 3.8) is 0 Å². The van der Waals surface area contributed by atoms with E-state index in [0.29, 0.717) is 24.3 Å². The summed E-state index contributed by atoms with van der Waals surface area (Å²) in [6.45, 7) is 2.24. The lowest BCUT2D eigenvalue weighted by Gasteiger charge is -2.15. The average Bonchev–Trinajstić information content (AvgIpc) is 3.16. The van der Waals surface area contributed by atoms with Gasteiger partial charge in [0.05, 0.1) is 30.1 Å². The summed E-state index contributed by atoms with van der Waals surface area (Å²) in [6.07, 6.45) is 3.28. The lowest BCUT2D eigenvalue weighted by Crippen LogP contribution is -2.37. The van der Waals surface area contributed by atoms with Crippen LogP contribution in [0.3, 0.4) is 0 Å². The van der Waals surface area contributed by atoms with E-state index in [-0.39, 0.29) is 46.5 Å². The Morgan fingerprint density at radius 2 is 2.16 bits per heavy atom. The van der Waals surface area contributed by atoms with E-state index in [9.17, 15) is 13.1 Å². The highest BCUT2D eigenvalue weighted by Gasteiger charge is 2.22. The van der Waals surface area contributed by atoms with Crippen molar-refractivity contribution in [1.29, 1.82) is 5.41 Å². The molecule has 1 aromatic carbocycles. The van der Waals surface area contributed by atoms with Gasteiger partial charge in [-0.2, -0.15) is 0 Å². The third-order valence-corrected chi connectivity index (χ3v) is 5.18. The molecule has 0 spiro atoms. The minimum absolute atomic E-state index is 0.0171. The Balaban J connectivity index is 2.04. The summed E-state index contributed by atoms with van der Waals surface area (Å²) >= 11 is -0.106. The van der Waals surface area contributed by atoms with Gasteiger partial charge in [-0.15, -0.1) is 3.89 Å². The van der Waals surface area contributed by atoms with E-state index in [1.165, 1.54) is 30.6 Å². The molecule has 0 aliphatic carbocycles. The number of fused-ring (bicyclic) bond motifs is 1. The molecule has 1 unspecified atom stereocenters. The second-order valence-electron chi connectivity index (χ2n) is 6.71. The van der Waals surface area contributed by atoms with E-state index < -0.39 is 11.7 Å². The highest BCUT2D eigenvalue weighted by Crippen LogP contribution is 2.25. The van der Waals surface area contributed by atoms with Gasteiger partial charge in [0.1, 0.15) is 17.0 Å². The molecule has 1 amide bonds. The highest BCUT2D eigenvalue weighted by molar-refractivity contribution is 7.92. The van der Waals surface area contributed by atoms with Crippen LogP contribution in [-0.2, 0) is 4.74 Å². The topological polar surface area (TPSA) is 105 Å². The molecular formula is C20H22F2N6O2S. The average molecular weight is 448 g/mol. The number of amides is 1. The summed E-state index contributed by atoms with van der Waals surface area (Å²) in [5.74, 6) is -0.891. The minimum atomic E-state index is -0.447. The first-order chi connectivity index (χ1) is 14.9. The number of nitrogens with one attached hydrogen (secondary N) is 3. The molecule has 3 rings (SSSR count). The first-order valence-corrected chi connectivity index (χ1v) is 10.1. The molecule has 31 heavy (non-hydrogen) atoms. The van der Waals surface area contributed by atoms with Crippen molar-refractivity contribution in [2.75, 3.05) is 26.1 Å². The van der Waals surface area contributed by atoms with Crippen LogP contribution in [0.5, 0.6) is 0 Å². The fourth-order valence-electron chi connectivity index (χ4n) is 3.11. The molecule has 0 bridgehead atoms. The van der Waals surface area contributed by atoms with E-state index in [1.807, 2.05) is 6.92 Å². The number of halogens is 2. The SMILES string of the molecule is CCC(COC)NC(=O)c1cn(SF)c2ncc(C(=N)c3ccc(F)cc3NC)nc12. The number of methoxy groups -OCH3 is 1. The van der Waals surface area contributed by atoms with Crippen molar-refractivity contribution in [3.8, 4) is 0 Å². The van der Waals surface area contributed by atoms with Crippen LogP contribution in [-0.4, -0.2) is 52.4 Å². The zero-order valence-electron chi connectivity index (χ0n) is 17.2. The van der Waals surface area contributed by atoms with Crippen molar-refractivity contribution >= 4 is 40.8 Å². The zero-order chi connectivity index (χ0) is 22.5. The smallest absolute Gasteiger partial charge is 0.255 e. The largest absolute Gasteiger partial charge is 0.387 e. The predicted molar refractivity (Wildman–Crippen MR) is 117 cm³/mol.